The van der Waals surface area contributed by atoms with Gasteiger partial charge in [0.15, 0.2) is 0 Å². The quantitative estimate of drug-likeness (QED) is 0.526. The van der Waals surface area contributed by atoms with Crippen LogP contribution in [0.5, 0.6) is 0 Å². The van der Waals surface area contributed by atoms with Gasteiger partial charge in [-0.15, -0.1) is 0 Å². The molecule has 0 amide bonds. The van der Waals surface area contributed by atoms with Crippen molar-refractivity contribution < 1.29 is 0 Å². The number of nitrogens with one attached hydrogen (secondary N) is 2. The minimum absolute atomic E-state index is 1.12. The summed E-state index contributed by atoms with van der Waals surface area (Å²) in [7, 11) is 3.63. The molecule has 1 aliphatic rings. The van der Waals surface area contributed by atoms with Gasteiger partial charge in [0.25, 0.3) is 0 Å². The Hall–Kier alpha value is -0.930. The van der Waals surface area contributed by atoms with Crippen molar-refractivity contribution >= 4 is 20.8 Å². The van der Waals surface area contributed by atoms with Crippen LogP contribution in [0.1, 0.15) is 0 Å². The van der Waals surface area contributed by atoms with Crippen molar-refractivity contribution in [3.63, 3.8) is 0 Å². The van der Waals surface area contributed by atoms with Crippen LogP contribution < -0.4 is 15.4 Å². The van der Waals surface area contributed by atoms with E-state index in [-0.39, 0.29) is 0 Å². The molecule has 0 unspecified atom stereocenters. The first-order valence-electron chi connectivity index (χ1n) is 3.48. The van der Waals surface area contributed by atoms with Gasteiger partial charge in [0.2, 0.25) is 0 Å². The lowest BCUT2D eigenvalue weighted by Gasteiger charge is -2.16. The number of para-hydroxylation sites is 1. The van der Waals surface area contributed by atoms with Gasteiger partial charge in [-0.2, -0.15) is 0 Å². The van der Waals surface area contributed by atoms with Crippen molar-refractivity contribution in [1.82, 2.24) is 10.5 Å². The van der Waals surface area contributed by atoms with E-state index < -0.39 is 0 Å². The molecule has 0 bridgehead atoms. The van der Waals surface area contributed by atoms with E-state index >= 15 is 0 Å². The zero-order valence-electron chi connectivity index (χ0n) is 5.99. The third kappa shape index (κ3) is 1.39. The van der Waals surface area contributed by atoms with Gasteiger partial charge >= 0.3 is 15.1 Å². The number of benzene rings is 1. The van der Waals surface area contributed by atoms with Gasteiger partial charge in [-0.25, -0.2) is 0 Å². The van der Waals surface area contributed by atoms with E-state index in [0.717, 1.165) is 5.69 Å². The molecule has 3 nitrogen and oxygen atoms in total. The monoisotopic (exact) mass is 143 g/mol. The number of hydrazine groups is 1. The van der Waals surface area contributed by atoms with Crippen molar-refractivity contribution in [2.45, 2.75) is 0 Å². The van der Waals surface area contributed by atoms with Crippen molar-refractivity contribution in [2.75, 3.05) is 4.92 Å². The normalized spacial score (nSPS) is 15.8. The van der Waals surface area contributed by atoms with Crippen molar-refractivity contribution in [3.05, 3.63) is 30.3 Å². The summed E-state index contributed by atoms with van der Waals surface area (Å²) in [4.78, 5) is 1.90. The fourth-order valence-corrected chi connectivity index (χ4v) is 0.994. The molecule has 1 aliphatic heterocycles. The van der Waals surface area contributed by atoms with Crippen molar-refractivity contribution in [1.29, 1.82) is 0 Å². The highest BCUT2D eigenvalue weighted by Gasteiger charge is 2.13. The van der Waals surface area contributed by atoms with E-state index in [4.69, 9.17) is 0 Å². The molecule has 0 aromatic heterocycles. The topological polar surface area (TPSA) is 27.3 Å². The first-order valence-corrected chi connectivity index (χ1v) is 3.48. The van der Waals surface area contributed by atoms with E-state index in [2.05, 4.69) is 10.5 Å². The summed E-state index contributed by atoms with van der Waals surface area (Å²) >= 11 is 0. The predicted octanol–water partition coefficient (Wildman–Crippen LogP) is -0.331. The highest BCUT2D eigenvalue weighted by atomic mass is 15.5. The largest absolute Gasteiger partial charge is 0.370 e. The van der Waals surface area contributed by atoms with Crippen LogP contribution in [-0.4, -0.2) is 15.1 Å². The molecule has 11 heavy (non-hydrogen) atoms. The number of rotatable bonds is 1. The van der Waals surface area contributed by atoms with Crippen LogP contribution in [0.25, 0.3) is 0 Å². The van der Waals surface area contributed by atoms with Crippen LogP contribution in [0.4, 0.5) is 5.69 Å². The molecule has 52 valence electrons. The van der Waals surface area contributed by atoms with Crippen LogP contribution in [0.15, 0.2) is 30.3 Å². The molecule has 1 fully saturated rings. The second-order valence-corrected chi connectivity index (χ2v) is 2.27. The van der Waals surface area contributed by atoms with Gasteiger partial charge in [0, 0.05) is 5.69 Å². The summed E-state index contributed by atoms with van der Waals surface area (Å²) < 4.78 is 0. The third-order valence-electron chi connectivity index (χ3n) is 1.52. The second kappa shape index (κ2) is 2.98. The SMILES string of the molecule is [B]1N[B]N(c2ccccc2)N1. The maximum absolute atomic E-state index is 3.01. The van der Waals surface area contributed by atoms with Crippen molar-refractivity contribution in [3.8, 4) is 0 Å². The summed E-state index contributed by atoms with van der Waals surface area (Å²) in [5, 5.41) is 5.95. The Labute approximate surface area is 67.3 Å². The summed E-state index contributed by atoms with van der Waals surface area (Å²) in [6.07, 6.45) is 0. The lowest BCUT2D eigenvalue weighted by atomic mass is 10.1. The number of hydrogen-bond acceptors (Lipinski definition) is 3. The van der Waals surface area contributed by atoms with Gasteiger partial charge < -0.3 is 10.1 Å². The average Bonchev–Trinajstić information content (AvgIpc) is 2.58. The summed E-state index contributed by atoms with van der Waals surface area (Å²) in [5.41, 5.74) is 1.12. The molecule has 5 heteroatoms. The molecule has 1 heterocycles. The van der Waals surface area contributed by atoms with Crippen LogP contribution in [0, 0.1) is 0 Å². The maximum atomic E-state index is 3.01. The van der Waals surface area contributed by atoms with Gasteiger partial charge in [0.1, 0.15) is 0 Å². The Morgan fingerprint density at radius 3 is 2.64 bits per heavy atom. The summed E-state index contributed by atoms with van der Waals surface area (Å²) in [6.45, 7) is 0. The Morgan fingerprint density at radius 1 is 1.18 bits per heavy atom. The zero-order chi connectivity index (χ0) is 7.52. The van der Waals surface area contributed by atoms with E-state index in [1.807, 2.05) is 42.8 Å². The van der Waals surface area contributed by atoms with E-state index in [9.17, 15) is 0 Å². The van der Waals surface area contributed by atoms with E-state index in [1.54, 1.807) is 7.55 Å². The highest BCUT2D eigenvalue weighted by molar-refractivity contribution is 6.58. The molecule has 0 atom stereocenters. The molecule has 2 radical (unpaired) electrons. The molecule has 1 aromatic rings. The lowest BCUT2D eigenvalue weighted by molar-refractivity contribution is 1.06. The van der Waals surface area contributed by atoms with Crippen LogP contribution in [0.2, 0.25) is 0 Å². The Kier molecular flexibility index (Phi) is 1.83. The molecule has 1 saturated heterocycles. The maximum Gasteiger partial charge on any atom is 0.353 e. The fraction of sp³-hybridized carbons (Fsp3) is 0. The van der Waals surface area contributed by atoms with Gasteiger partial charge in [-0.05, 0) is 12.1 Å². The molecular formula is C6H7B2N3. The van der Waals surface area contributed by atoms with Crippen LogP contribution in [0.3, 0.4) is 0 Å². The molecule has 0 saturated carbocycles. The molecule has 1 aromatic carbocycles. The Morgan fingerprint density at radius 2 is 2.00 bits per heavy atom. The molecule has 0 aliphatic carbocycles. The van der Waals surface area contributed by atoms with E-state index in [1.165, 1.54) is 0 Å². The first-order chi connectivity index (χ1) is 5.47. The van der Waals surface area contributed by atoms with Gasteiger partial charge in [-0.1, -0.05) is 18.2 Å². The molecule has 0 spiro atoms. The average molecular weight is 143 g/mol. The van der Waals surface area contributed by atoms with Crippen LogP contribution in [-0.2, 0) is 0 Å². The Bertz CT molecular complexity index is 223. The predicted molar refractivity (Wildman–Crippen MR) is 46.7 cm³/mol. The minimum atomic E-state index is 1.12. The summed E-state index contributed by atoms with van der Waals surface area (Å²) in [6, 6.07) is 10.1. The van der Waals surface area contributed by atoms with Crippen LogP contribution >= 0.6 is 0 Å². The van der Waals surface area contributed by atoms with Gasteiger partial charge in [-0.3, -0.25) is 5.34 Å². The summed E-state index contributed by atoms with van der Waals surface area (Å²) in [5.74, 6) is 0. The van der Waals surface area contributed by atoms with Crippen molar-refractivity contribution in [2.24, 2.45) is 0 Å². The number of hydrogen-bond donors (Lipinski definition) is 2. The smallest absolute Gasteiger partial charge is 0.353 e. The minimum Gasteiger partial charge on any atom is -0.370 e. The molecule has 2 N–H and O–H groups in total. The number of anilines is 1. The fourth-order valence-electron chi connectivity index (χ4n) is 0.994. The number of nitrogens with zero attached hydrogens (tertiary/aromatic N) is 1. The molecule has 2 rings (SSSR count). The second-order valence-electron chi connectivity index (χ2n) is 2.27. The lowest BCUT2D eigenvalue weighted by Crippen LogP contribution is -2.33. The molecular weight excluding hydrogens is 136 g/mol. The Balaban J connectivity index is 2.16. The zero-order valence-corrected chi connectivity index (χ0v) is 5.99. The third-order valence-corrected chi connectivity index (χ3v) is 1.52. The van der Waals surface area contributed by atoms with Gasteiger partial charge in [0.05, 0.1) is 0 Å². The highest BCUT2D eigenvalue weighted by Crippen LogP contribution is 2.09. The standard InChI is InChI=1S/C6H7B2N3/c1-2-4-6(5-3-1)11-8-9-7-10-11/h1-5,9-10H. The first kappa shape index (κ1) is 6.76. The van der Waals surface area contributed by atoms with E-state index in [0.29, 0.717) is 0 Å².